The molecule has 4 nitrogen and oxygen atoms in total. The molecular weight excluding hydrogens is 398 g/mol. The maximum atomic E-state index is 14.6. The molecule has 0 N–H and O–H groups in total. The molecule has 0 aliphatic heterocycles. The van der Waals surface area contributed by atoms with Gasteiger partial charge in [0.1, 0.15) is 6.61 Å². The maximum Gasteiger partial charge on any atom is 0.233 e. The van der Waals surface area contributed by atoms with E-state index in [1.165, 1.54) is 18.9 Å². The number of halogens is 2. The normalized spacial score (nSPS) is 12.3. The highest BCUT2D eigenvalue weighted by Gasteiger charge is 2.15. The average Bonchev–Trinajstić information content (AvgIpc) is 2.78. The fourth-order valence-corrected chi connectivity index (χ4v) is 3.03. The maximum absolute atomic E-state index is 14.6. The zero-order chi connectivity index (χ0) is 22.5. The average molecular weight is 431 g/mol. The molecule has 0 aliphatic rings. The first-order chi connectivity index (χ1) is 15.1. The van der Waals surface area contributed by atoms with Crippen molar-refractivity contribution < 1.29 is 18.3 Å². The quantitative estimate of drug-likeness (QED) is 0.245. The topological polar surface area (TPSA) is 44.2 Å². The number of benzene rings is 1. The van der Waals surface area contributed by atoms with Crippen LogP contribution in [0.15, 0.2) is 43.0 Å². The van der Waals surface area contributed by atoms with Crippen molar-refractivity contribution in [3.05, 3.63) is 60.2 Å². The first-order valence-corrected chi connectivity index (χ1v) is 10.9. The van der Waals surface area contributed by atoms with E-state index in [2.05, 4.69) is 30.6 Å². The van der Waals surface area contributed by atoms with Crippen LogP contribution in [0.25, 0.3) is 17.3 Å². The van der Waals surface area contributed by atoms with Crippen LogP contribution >= 0.6 is 0 Å². The second kappa shape index (κ2) is 13.7. The Morgan fingerprint density at radius 2 is 1.90 bits per heavy atom. The van der Waals surface area contributed by atoms with E-state index >= 15 is 0 Å². The Hall–Kier alpha value is -2.60. The Kier molecular flexibility index (Phi) is 10.9. The highest BCUT2D eigenvalue weighted by molar-refractivity contribution is 5.63. The van der Waals surface area contributed by atoms with E-state index in [1.54, 1.807) is 30.4 Å². The van der Waals surface area contributed by atoms with E-state index < -0.39 is 11.6 Å². The Morgan fingerprint density at radius 3 is 2.61 bits per heavy atom. The standard InChI is InChI=1S/C25H32F2N2O2/c1-4-6-10-18-30-19(3)11-8-7-9-12-20-13-14-21(25(27)24(20)26)22-15-16-23(29-28-22)31-17-5-2/h5,9,12-16,19H,2,4,6-8,10-11,17-18H2,1,3H3. The summed E-state index contributed by atoms with van der Waals surface area (Å²) in [7, 11) is 0. The monoisotopic (exact) mass is 430 g/mol. The van der Waals surface area contributed by atoms with Crippen LogP contribution in [0.4, 0.5) is 8.78 Å². The van der Waals surface area contributed by atoms with Crippen LogP contribution in [-0.4, -0.2) is 29.5 Å². The molecule has 1 atom stereocenters. The van der Waals surface area contributed by atoms with Gasteiger partial charge in [-0.05, 0) is 44.7 Å². The molecule has 0 amide bonds. The molecule has 168 valence electrons. The lowest BCUT2D eigenvalue weighted by atomic mass is 10.1. The number of unbranched alkanes of at least 4 members (excludes halogenated alkanes) is 3. The molecule has 1 heterocycles. The van der Waals surface area contributed by atoms with Crippen molar-refractivity contribution in [2.75, 3.05) is 13.2 Å². The zero-order valence-electron chi connectivity index (χ0n) is 18.4. The summed E-state index contributed by atoms with van der Waals surface area (Å²) in [6, 6.07) is 6.17. The van der Waals surface area contributed by atoms with E-state index in [4.69, 9.17) is 9.47 Å². The molecule has 31 heavy (non-hydrogen) atoms. The van der Waals surface area contributed by atoms with Gasteiger partial charge in [0, 0.05) is 23.8 Å². The Balaban J connectivity index is 1.88. The predicted octanol–water partition coefficient (Wildman–Crippen LogP) is 6.77. The van der Waals surface area contributed by atoms with Crippen molar-refractivity contribution in [1.29, 1.82) is 0 Å². The molecular formula is C25H32F2N2O2. The van der Waals surface area contributed by atoms with E-state index in [0.29, 0.717) is 12.5 Å². The van der Waals surface area contributed by atoms with E-state index in [9.17, 15) is 8.78 Å². The van der Waals surface area contributed by atoms with Gasteiger partial charge in [-0.25, -0.2) is 8.78 Å². The minimum absolute atomic E-state index is 0.0615. The lowest BCUT2D eigenvalue weighted by Crippen LogP contribution is -2.08. The second-order valence-corrected chi connectivity index (χ2v) is 7.41. The van der Waals surface area contributed by atoms with Crippen molar-refractivity contribution in [2.45, 2.75) is 58.5 Å². The lowest BCUT2D eigenvalue weighted by Gasteiger charge is -2.12. The molecule has 2 aromatic rings. The molecule has 2 rings (SSSR count). The Bertz CT molecular complexity index is 838. The molecule has 0 saturated carbocycles. The Morgan fingerprint density at radius 1 is 1.06 bits per heavy atom. The van der Waals surface area contributed by atoms with Crippen molar-refractivity contribution in [1.82, 2.24) is 10.2 Å². The number of ether oxygens (including phenoxy) is 2. The minimum Gasteiger partial charge on any atom is -0.472 e. The highest BCUT2D eigenvalue weighted by Crippen LogP contribution is 2.26. The lowest BCUT2D eigenvalue weighted by molar-refractivity contribution is 0.0566. The molecule has 6 heteroatoms. The molecule has 1 aromatic heterocycles. The summed E-state index contributed by atoms with van der Waals surface area (Å²) < 4.78 is 40.1. The SMILES string of the molecule is C=CCOc1ccc(-c2ccc(C=CCCCC(C)OCCCCC)c(F)c2F)nn1. The summed E-state index contributed by atoms with van der Waals surface area (Å²) in [5, 5.41) is 7.79. The second-order valence-electron chi connectivity index (χ2n) is 7.41. The number of rotatable bonds is 14. The fraction of sp³-hybridized carbons (Fsp3) is 0.440. The van der Waals surface area contributed by atoms with Crippen LogP contribution < -0.4 is 4.74 Å². The zero-order valence-corrected chi connectivity index (χ0v) is 18.4. The van der Waals surface area contributed by atoms with Gasteiger partial charge in [0.2, 0.25) is 5.88 Å². The molecule has 0 aliphatic carbocycles. The van der Waals surface area contributed by atoms with E-state index in [0.717, 1.165) is 32.3 Å². The van der Waals surface area contributed by atoms with Crippen LogP contribution in [-0.2, 0) is 4.74 Å². The summed E-state index contributed by atoms with van der Waals surface area (Å²) in [5.41, 5.74) is 0.515. The Labute approximate surface area is 184 Å². The van der Waals surface area contributed by atoms with E-state index in [-0.39, 0.29) is 22.9 Å². The molecule has 1 aromatic carbocycles. The largest absolute Gasteiger partial charge is 0.472 e. The molecule has 0 spiro atoms. The van der Waals surface area contributed by atoms with Gasteiger partial charge in [0.05, 0.1) is 11.8 Å². The summed E-state index contributed by atoms with van der Waals surface area (Å²) in [4.78, 5) is 0. The van der Waals surface area contributed by atoms with Crippen molar-refractivity contribution in [2.24, 2.45) is 0 Å². The van der Waals surface area contributed by atoms with Crippen molar-refractivity contribution in [3.8, 4) is 17.1 Å². The summed E-state index contributed by atoms with van der Waals surface area (Å²) in [6.45, 7) is 8.89. The fourth-order valence-electron chi connectivity index (χ4n) is 3.03. The third-order valence-corrected chi connectivity index (χ3v) is 4.81. The van der Waals surface area contributed by atoms with Gasteiger partial charge >= 0.3 is 0 Å². The first kappa shape index (κ1) is 24.7. The van der Waals surface area contributed by atoms with Gasteiger partial charge < -0.3 is 9.47 Å². The van der Waals surface area contributed by atoms with Crippen LogP contribution in [0, 0.1) is 11.6 Å². The van der Waals surface area contributed by atoms with Crippen LogP contribution in [0.3, 0.4) is 0 Å². The highest BCUT2D eigenvalue weighted by atomic mass is 19.2. The van der Waals surface area contributed by atoms with Gasteiger partial charge in [-0.1, -0.05) is 50.6 Å². The smallest absolute Gasteiger partial charge is 0.233 e. The molecule has 0 bridgehead atoms. The van der Waals surface area contributed by atoms with Crippen LogP contribution in [0.1, 0.15) is 57.9 Å². The molecule has 0 saturated heterocycles. The summed E-state index contributed by atoms with van der Waals surface area (Å²) in [5.74, 6) is -1.54. The summed E-state index contributed by atoms with van der Waals surface area (Å²) in [6.07, 6.45) is 11.4. The summed E-state index contributed by atoms with van der Waals surface area (Å²) >= 11 is 0. The van der Waals surface area contributed by atoms with Crippen molar-refractivity contribution in [3.63, 3.8) is 0 Å². The third-order valence-electron chi connectivity index (χ3n) is 4.81. The van der Waals surface area contributed by atoms with Gasteiger partial charge in [0.15, 0.2) is 11.6 Å². The minimum atomic E-state index is -0.940. The molecule has 1 unspecified atom stereocenters. The molecule has 0 fully saturated rings. The number of aromatic nitrogens is 2. The van der Waals surface area contributed by atoms with Crippen molar-refractivity contribution >= 4 is 6.08 Å². The van der Waals surface area contributed by atoms with E-state index in [1.807, 2.05) is 6.08 Å². The van der Waals surface area contributed by atoms with Gasteiger partial charge in [-0.15, -0.1) is 10.2 Å². The number of allylic oxidation sites excluding steroid dienone is 1. The number of nitrogens with zero attached hydrogens (tertiary/aromatic N) is 2. The van der Waals surface area contributed by atoms with Gasteiger partial charge in [-0.2, -0.15) is 0 Å². The number of hydrogen-bond donors (Lipinski definition) is 0. The predicted molar refractivity (Wildman–Crippen MR) is 121 cm³/mol. The number of hydrogen-bond acceptors (Lipinski definition) is 4. The van der Waals surface area contributed by atoms with Crippen LogP contribution in [0.2, 0.25) is 0 Å². The van der Waals surface area contributed by atoms with Crippen LogP contribution in [0.5, 0.6) is 5.88 Å². The molecule has 0 radical (unpaired) electrons. The van der Waals surface area contributed by atoms with Gasteiger partial charge in [0.25, 0.3) is 0 Å². The van der Waals surface area contributed by atoms with Gasteiger partial charge in [-0.3, -0.25) is 0 Å². The third kappa shape index (κ3) is 8.21. The first-order valence-electron chi connectivity index (χ1n) is 10.9.